The van der Waals surface area contributed by atoms with Crippen LogP contribution in [0.4, 0.5) is 5.69 Å². The van der Waals surface area contributed by atoms with Gasteiger partial charge in [-0.1, -0.05) is 19.1 Å². The van der Waals surface area contributed by atoms with Gasteiger partial charge in [-0.05, 0) is 55.3 Å². The molecule has 0 bridgehead atoms. The predicted octanol–water partition coefficient (Wildman–Crippen LogP) is 2.44. The highest BCUT2D eigenvalue weighted by Gasteiger charge is 2.39. The third-order valence-corrected chi connectivity index (χ3v) is 7.44. The predicted molar refractivity (Wildman–Crippen MR) is 121 cm³/mol. The van der Waals surface area contributed by atoms with Crippen LogP contribution in [0.1, 0.15) is 19.8 Å². The Morgan fingerprint density at radius 3 is 2.38 bits per heavy atom. The minimum absolute atomic E-state index is 0.0653. The van der Waals surface area contributed by atoms with Crippen molar-refractivity contribution in [2.24, 2.45) is 0 Å². The van der Waals surface area contributed by atoms with Gasteiger partial charge in [0.05, 0.1) is 0 Å². The lowest BCUT2D eigenvalue weighted by molar-refractivity contribution is -0.123. The average Bonchev–Trinajstić information content (AvgIpc) is 2.82. The van der Waals surface area contributed by atoms with Gasteiger partial charge in [-0.3, -0.25) is 14.2 Å². The number of rotatable bonds is 6. The summed E-state index contributed by atoms with van der Waals surface area (Å²) >= 11 is 0. The van der Waals surface area contributed by atoms with E-state index in [9.17, 15) is 18.0 Å². The normalized spacial score (nSPS) is 17.0. The number of carbonyl (C=O) groups is 1. The molecule has 3 heterocycles. The van der Waals surface area contributed by atoms with Gasteiger partial charge < -0.3 is 4.90 Å². The first-order chi connectivity index (χ1) is 15.4. The summed E-state index contributed by atoms with van der Waals surface area (Å²) in [7, 11) is -3.90. The molecule has 8 nitrogen and oxygen atoms in total. The van der Waals surface area contributed by atoms with Crippen molar-refractivity contribution in [2.75, 3.05) is 18.0 Å². The molecule has 4 rings (SSSR count). The fourth-order valence-electron chi connectivity index (χ4n) is 3.99. The molecule has 0 saturated carbocycles. The van der Waals surface area contributed by atoms with E-state index < -0.39 is 16.1 Å². The third-order valence-electron chi connectivity index (χ3n) is 5.54. The molecule has 0 N–H and O–H groups in total. The second kappa shape index (κ2) is 9.05. The summed E-state index contributed by atoms with van der Waals surface area (Å²) in [6.45, 7) is 2.39. The van der Waals surface area contributed by atoms with Crippen LogP contribution in [-0.4, -0.2) is 47.3 Å². The lowest BCUT2D eigenvalue weighted by Gasteiger charge is -2.37. The number of sulfonamides is 1. The van der Waals surface area contributed by atoms with Crippen molar-refractivity contribution >= 4 is 21.6 Å². The maximum Gasteiger partial charge on any atom is 0.261 e. The highest BCUT2D eigenvalue weighted by molar-refractivity contribution is 7.89. The standard InChI is InChI=1S/C23H24N4O4S/c1-2-27(32(30,31)21-9-3-5-15-24-21)20-8-7-17-26(23(20)29)19-13-11-18(12-14-19)25-16-6-4-10-22(25)28/h3-6,9-16,20H,2,7-8,17H2,1H3. The number of amides is 1. The van der Waals surface area contributed by atoms with E-state index in [-0.39, 0.29) is 23.0 Å². The molecule has 166 valence electrons. The van der Waals surface area contributed by atoms with E-state index in [0.29, 0.717) is 30.8 Å². The second-order valence-electron chi connectivity index (χ2n) is 7.45. The first-order valence-corrected chi connectivity index (χ1v) is 11.9. The fourth-order valence-corrected chi connectivity index (χ4v) is 5.55. The molecule has 0 aliphatic carbocycles. The molecule has 0 spiro atoms. The van der Waals surface area contributed by atoms with Crippen molar-refractivity contribution in [1.82, 2.24) is 13.9 Å². The number of anilines is 1. The van der Waals surface area contributed by atoms with Crippen LogP contribution >= 0.6 is 0 Å². The van der Waals surface area contributed by atoms with Crippen LogP contribution in [0.25, 0.3) is 5.69 Å². The Labute approximate surface area is 186 Å². The zero-order valence-corrected chi connectivity index (χ0v) is 18.5. The van der Waals surface area contributed by atoms with Gasteiger partial charge in [0.2, 0.25) is 5.91 Å². The maximum atomic E-state index is 13.4. The highest BCUT2D eigenvalue weighted by Crippen LogP contribution is 2.27. The van der Waals surface area contributed by atoms with Gasteiger partial charge >= 0.3 is 0 Å². The molecule has 1 aliphatic rings. The summed E-state index contributed by atoms with van der Waals surface area (Å²) in [5.74, 6) is -0.262. The van der Waals surface area contributed by atoms with E-state index in [4.69, 9.17) is 0 Å². The number of piperidine rings is 1. The van der Waals surface area contributed by atoms with E-state index in [1.807, 2.05) is 0 Å². The molecule has 32 heavy (non-hydrogen) atoms. The first-order valence-electron chi connectivity index (χ1n) is 10.5. The van der Waals surface area contributed by atoms with Crippen LogP contribution in [0.15, 0.2) is 82.9 Å². The molecule has 1 saturated heterocycles. The van der Waals surface area contributed by atoms with Gasteiger partial charge in [-0.2, -0.15) is 4.31 Å². The van der Waals surface area contributed by atoms with Gasteiger partial charge in [-0.25, -0.2) is 13.4 Å². The van der Waals surface area contributed by atoms with Crippen LogP contribution in [-0.2, 0) is 14.8 Å². The summed E-state index contributed by atoms with van der Waals surface area (Å²) in [4.78, 5) is 31.0. The number of hydrogen-bond acceptors (Lipinski definition) is 5. The Bertz CT molecular complexity index is 1260. The van der Waals surface area contributed by atoms with E-state index in [0.717, 1.165) is 0 Å². The van der Waals surface area contributed by atoms with E-state index in [2.05, 4.69) is 4.98 Å². The zero-order valence-electron chi connectivity index (χ0n) is 17.7. The number of aromatic nitrogens is 2. The monoisotopic (exact) mass is 452 g/mol. The van der Waals surface area contributed by atoms with Crippen LogP contribution in [0.5, 0.6) is 0 Å². The molecule has 9 heteroatoms. The van der Waals surface area contributed by atoms with Crippen LogP contribution in [0.3, 0.4) is 0 Å². The Kier molecular flexibility index (Phi) is 6.20. The Morgan fingerprint density at radius 1 is 1.00 bits per heavy atom. The number of carbonyl (C=O) groups excluding carboxylic acids is 1. The molecule has 1 aliphatic heterocycles. The van der Waals surface area contributed by atoms with Crippen LogP contribution < -0.4 is 10.5 Å². The Hall–Kier alpha value is -3.30. The van der Waals surface area contributed by atoms with Crippen molar-refractivity contribution in [3.8, 4) is 5.69 Å². The van der Waals surface area contributed by atoms with Gasteiger partial charge in [0.15, 0.2) is 5.03 Å². The van der Waals surface area contributed by atoms with Crippen molar-refractivity contribution in [3.05, 3.63) is 83.4 Å². The molecular weight excluding hydrogens is 428 g/mol. The molecule has 1 fully saturated rings. The van der Waals surface area contributed by atoms with Gasteiger partial charge in [-0.15, -0.1) is 0 Å². The lowest BCUT2D eigenvalue weighted by atomic mass is 10.0. The number of benzene rings is 1. The van der Waals surface area contributed by atoms with E-state index in [1.165, 1.54) is 27.2 Å². The fraction of sp³-hybridized carbons (Fsp3) is 0.261. The number of likely N-dealkylation sites (N-methyl/N-ethyl adjacent to an activating group) is 1. The van der Waals surface area contributed by atoms with E-state index in [1.54, 1.807) is 66.6 Å². The molecule has 0 radical (unpaired) electrons. The SMILES string of the molecule is CCN(C1CCCN(c2ccc(-n3ccccc3=O)cc2)C1=O)S(=O)(=O)c1ccccn1. The smallest absolute Gasteiger partial charge is 0.261 e. The van der Waals surface area contributed by atoms with Crippen molar-refractivity contribution in [2.45, 2.75) is 30.8 Å². The largest absolute Gasteiger partial charge is 0.311 e. The average molecular weight is 453 g/mol. The molecule has 1 aromatic carbocycles. The van der Waals surface area contributed by atoms with Crippen molar-refractivity contribution in [3.63, 3.8) is 0 Å². The molecule has 2 aromatic heterocycles. The van der Waals surface area contributed by atoms with Crippen LogP contribution in [0.2, 0.25) is 0 Å². The summed E-state index contributed by atoms with van der Waals surface area (Å²) in [5.41, 5.74) is 1.21. The lowest BCUT2D eigenvalue weighted by Crippen LogP contribution is -2.54. The number of nitrogens with zero attached hydrogens (tertiary/aromatic N) is 4. The Morgan fingerprint density at radius 2 is 1.72 bits per heavy atom. The highest BCUT2D eigenvalue weighted by atomic mass is 32.2. The summed E-state index contributed by atoms with van der Waals surface area (Å²) in [6.07, 6.45) is 4.23. The minimum atomic E-state index is -3.90. The summed E-state index contributed by atoms with van der Waals surface area (Å²) in [6, 6.07) is 15.9. The minimum Gasteiger partial charge on any atom is -0.311 e. The quantitative estimate of drug-likeness (QED) is 0.573. The topological polar surface area (TPSA) is 92.6 Å². The van der Waals surface area contributed by atoms with Crippen molar-refractivity contribution < 1.29 is 13.2 Å². The van der Waals surface area contributed by atoms with Crippen molar-refractivity contribution in [1.29, 1.82) is 0 Å². The van der Waals surface area contributed by atoms with Gasteiger partial charge in [0.1, 0.15) is 6.04 Å². The molecule has 3 aromatic rings. The summed E-state index contributed by atoms with van der Waals surface area (Å²) < 4.78 is 29.0. The number of pyridine rings is 2. The second-order valence-corrected chi connectivity index (χ2v) is 9.29. The maximum absolute atomic E-state index is 13.4. The van der Waals surface area contributed by atoms with E-state index >= 15 is 0 Å². The van der Waals surface area contributed by atoms with Crippen LogP contribution in [0, 0.1) is 0 Å². The molecule has 1 amide bonds. The molecular formula is C23H24N4O4S. The summed E-state index contributed by atoms with van der Waals surface area (Å²) in [5, 5.41) is -0.0653. The third kappa shape index (κ3) is 4.09. The Balaban J connectivity index is 1.60. The number of hydrogen-bond donors (Lipinski definition) is 0. The molecule has 1 unspecified atom stereocenters. The zero-order chi connectivity index (χ0) is 22.7. The first kappa shape index (κ1) is 21.9. The van der Waals surface area contributed by atoms with Gasteiger partial charge in [0, 0.05) is 42.9 Å². The molecule has 1 atom stereocenters. The van der Waals surface area contributed by atoms with Gasteiger partial charge in [0.25, 0.3) is 15.6 Å².